The van der Waals surface area contributed by atoms with Gasteiger partial charge in [0.1, 0.15) is 0 Å². The first-order valence-corrected chi connectivity index (χ1v) is 5.63. The highest BCUT2D eigenvalue weighted by molar-refractivity contribution is 7.80. The minimum Gasteiger partial charge on any atom is -0.393 e. The maximum Gasteiger partial charge on any atom is 0.225 e. The minimum absolute atomic E-state index is 0.295. The number of amides is 1. The van der Waals surface area contributed by atoms with E-state index in [1.54, 1.807) is 0 Å². The van der Waals surface area contributed by atoms with Gasteiger partial charge in [-0.1, -0.05) is 19.1 Å². The molecule has 0 aromatic heterocycles. The minimum atomic E-state index is 0.295. The number of carbonyl (C=O) groups excluding carboxylic acids is 1. The van der Waals surface area contributed by atoms with Crippen molar-refractivity contribution in [2.45, 2.75) is 32.6 Å². The first kappa shape index (κ1) is 11.4. The topological polar surface area (TPSA) is 46.3 Å². The quantitative estimate of drug-likeness (QED) is 0.678. The second-order valence-electron chi connectivity index (χ2n) is 3.82. The van der Waals surface area contributed by atoms with E-state index in [-0.39, 0.29) is 0 Å². The van der Waals surface area contributed by atoms with E-state index < -0.39 is 0 Å². The zero-order valence-corrected chi connectivity index (χ0v) is 9.48. The van der Waals surface area contributed by atoms with E-state index >= 15 is 0 Å². The van der Waals surface area contributed by atoms with Gasteiger partial charge in [0.2, 0.25) is 5.91 Å². The molecule has 4 heteroatoms. The average Bonchev–Trinajstić information content (AvgIpc) is 2.93. The van der Waals surface area contributed by atoms with Crippen molar-refractivity contribution in [1.82, 2.24) is 4.90 Å². The lowest BCUT2D eigenvalue weighted by atomic mass is 10.3. The fourth-order valence-corrected chi connectivity index (χ4v) is 1.53. The normalized spacial score (nSPS) is 15.2. The summed E-state index contributed by atoms with van der Waals surface area (Å²) in [5.74, 6) is 0.594. The van der Waals surface area contributed by atoms with Crippen molar-refractivity contribution in [2.75, 3.05) is 13.1 Å². The van der Waals surface area contributed by atoms with Crippen molar-refractivity contribution in [3.05, 3.63) is 0 Å². The third-order valence-corrected chi connectivity index (χ3v) is 2.56. The Morgan fingerprint density at radius 3 is 2.57 bits per heavy atom. The lowest BCUT2D eigenvalue weighted by Gasteiger charge is -2.21. The summed E-state index contributed by atoms with van der Waals surface area (Å²) >= 11 is 4.81. The van der Waals surface area contributed by atoms with E-state index in [1.807, 2.05) is 4.90 Å². The number of hydrogen-bond acceptors (Lipinski definition) is 2. The number of carbonyl (C=O) groups is 1. The highest BCUT2D eigenvalue weighted by Gasteiger charge is 2.32. The van der Waals surface area contributed by atoms with Crippen LogP contribution in [0.25, 0.3) is 0 Å². The molecule has 0 heterocycles. The molecule has 1 fully saturated rings. The predicted molar refractivity (Wildman–Crippen MR) is 61.0 cm³/mol. The third kappa shape index (κ3) is 3.62. The molecule has 80 valence electrons. The van der Waals surface area contributed by atoms with E-state index in [0.717, 1.165) is 25.8 Å². The van der Waals surface area contributed by atoms with Crippen LogP contribution >= 0.6 is 12.2 Å². The molecular formula is C10H18N2OS. The molecule has 0 spiro atoms. The fraction of sp³-hybridized carbons (Fsp3) is 0.800. The van der Waals surface area contributed by atoms with E-state index in [0.29, 0.717) is 29.8 Å². The lowest BCUT2D eigenvalue weighted by molar-refractivity contribution is -0.132. The summed E-state index contributed by atoms with van der Waals surface area (Å²) < 4.78 is 0. The monoisotopic (exact) mass is 214 g/mol. The van der Waals surface area contributed by atoms with Gasteiger partial charge in [-0.3, -0.25) is 4.79 Å². The van der Waals surface area contributed by atoms with Crippen molar-refractivity contribution in [1.29, 1.82) is 0 Å². The van der Waals surface area contributed by atoms with Crippen LogP contribution < -0.4 is 5.73 Å². The molecule has 0 aromatic carbocycles. The molecule has 14 heavy (non-hydrogen) atoms. The predicted octanol–water partition coefficient (Wildman–Crippen LogP) is 1.31. The summed E-state index contributed by atoms with van der Waals surface area (Å²) in [7, 11) is 0. The second kappa shape index (κ2) is 5.29. The van der Waals surface area contributed by atoms with Gasteiger partial charge in [0, 0.05) is 25.4 Å². The average molecular weight is 214 g/mol. The Hall–Kier alpha value is -0.640. The van der Waals surface area contributed by atoms with Gasteiger partial charge in [-0.15, -0.1) is 0 Å². The Bertz CT molecular complexity index is 226. The van der Waals surface area contributed by atoms with Crippen LogP contribution in [-0.2, 0) is 4.79 Å². The fourth-order valence-electron chi connectivity index (χ4n) is 1.44. The molecular weight excluding hydrogens is 196 g/mol. The maximum atomic E-state index is 11.7. The molecule has 1 rings (SSSR count). The van der Waals surface area contributed by atoms with Crippen LogP contribution in [0.15, 0.2) is 0 Å². The van der Waals surface area contributed by atoms with Crippen molar-refractivity contribution < 1.29 is 4.79 Å². The third-order valence-electron chi connectivity index (χ3n) is 2.36. The van der Waals surface area contributed by atoms with Gasteiger partial charge in [-0.05, 0) is 19.3 Å². The SMILES string of the molecule is CCCN(CCC(N)=S)C(=O)C1CC1. The maximum absolute atomic E-state index is 11.7. The molecule has 2 N–H and O–H groups in total. The smallest absolute Gasteiger partial charge is 0.225 e. The molecule has 0 aromatic rings. The number of nitrogens with two attached hydrogens (primary N) is 1. The summed E-state index contributed by atoms with van der Waals surface area (Å²) in [5, 5.41) is 0. The van der Waals surface area contributed by atoms with Gasteiger partial charge in [-0.2, -0.15) is 0 Å². The molecule has 1 amide bonds. The Morgan fingerprint density at radius 2 is 2.14 bits per heavy atom. The van der Waals surface area contributed by atoms with Crippen LogP contribution in [0.5, 0.6) is 0 Å². The first-order chi connectivity index (χ1) is 6.65. The van der Waals surface area contributed by atoms with Crippen LogP contribution in [0.2, 0.25) is 0 Å². The van der Waals surface area contributed by atoms with E-state index in [2.05, 4.69) is 6.92 Å². The molecule has 0 unspecified atom stereocenters. The Morgan fingerprint density at radius 1 is 1.50 bits per heavy atom. The molecule has 3 nitrogen and oxygen atoms in total. The molecule has 0 aliphatic heterocycles. The summed E-state index contributed by atoms with van der Waals surface area (Å²) in [6, 6.07) is 0. The van der Waals surface area contributed by atoms with E-state index in [9.17, 15) is 4.79 Å². The van der Waals surface area contributed by atoms with E-state index in [1.165, 1.54) is 0 Å². The van der Waals surface area contributed by atoms with Gasteiger partial charge in [0.25, 0.3) is 0 Å². The molecule has 0 saturated heterocycles. The molecule has 0 atom stereocenters. The summed E-state index contributed by atoms with van der Waals surface area (Å²) in [6.07, 6.45) is 3.77. The summed E-state index contributed by atoms with van der Waals surface area (Å²) in [4.78, 5) is 14.1. The van der Waals surface area contributed by atoms with Crippen molar-refractivity contribution in [2.24, 2.45) is 11.7 Å². The lowest BCUT2D eigenvalue weighted by Crippen LogP contribution is -2.35. The standard InChI is InChI=1S/C10H18N2OS/c1-2-6-12(7-5-9(11)14)10(13)8-3-4-8/h8H,2-7H2,1H3,(H2,11,14). The second-order valence-corrected chi connectivity index (χ2v) is 4.34. The van der Waals surface area contributed by atoms with Gasteiger partial charge in [-0.25, -0.2) is 0 Å². The largest absolute Gasteiger partial charge is 0.393 e. The Balaban J connectivity index is 2.36. The number of thiocarbonyl (C=S) groups is 1. The van der Waals surface area contributed by atoms with E-state index in [4.69, 9.17) is 18.0 Å². The van der Waals surface area contributed by atoms with Crippen molar-refractivity contribution in [3.8, 4) is 0 Å². The van der Waals surface area contributed by atoms with Crippen LogP contribution in [-0.4, -0.2) is 28.9 Å². The summed E-state index contributed by atoms with van der Waals surface area (Å²) in [5.41, 5.74) is 5.42. The van der Waals surface area contributed by atoms with Gasteiger partial charge < -0.3 is 10.6 Å². The Labute approximate surface area is 90.6 Å². The Kier molecular flexibility index (Phi) is 4.32. The van der Waals surface area contributed by atoms with Crippen molar-refractivity contribution >= 4 is 23.1 Å². The number of hydrogen-bond donors (Lipinski definition) is 1. The molecule has 1 aliphatic carbocycles. The van der Waals surface area contributed by atoms with Crippen molar-refractivity contribution in [3.63, 3.8) is 0 Å². The van der Waals surface area contributed by atoms with Crippen LogP contribution in [0, 0.1) is 5.92 Å². The van der Waals surface area contributed by atoms with Crippen LogP contribution in [0.4, 0.5) is 0 Å². The summed E-state index contributed by atoms with van der Waals surface area (Å²) in [6.45, 7) is 3.60. The molecule has 1 saturated carbocycles. The zero-order chi connectivity index (χ0) is 10.6. The first-order valence-electron chi connectivity index (χ1n) is 5.22. The highest BCUT2D eigenvalue weighted by atomic mass is 32.1. The van der Waals surface area contributed by atoms with Gasteiger partial charge in [0.05, 0.1) is 4.99 Å². The molecule has 0 radical (unpaired) electrons. The molecule has 1 aliphatic rings. The number of rotatable bonds is 6. The van der Waals surface area contributed by atoms with Gasteiger partial charge >= 0.3 is 0 Å². The highest BCUT2D eigenvalue weighted by Crippen LogP contribution is 2.31. The molecule has 0 bridgehead atoms. The zero-order valence-electron chi connectivity index (χ0n) is 8.66. The number of nitrogens with zero attached hydrogens (tertiary/aromatic N) is 1. The van der Waals surface area contributed by atoms with Crippen LogP contribution in [0.3, 0.4) is 0 Å². The van der Waals surface area contributed by atoms with Gasteiger partial charge in [0.15, 0.2) is 0 Å². The van der Waals surface area contributed by atoms with Crippen LogP contribution in [0.1, 0.15) is 32.6 Å².